The average Bonchev–Trinajstić information content (AvgIpc) is 2.86. The van der Waals surface area contributed by atoms with E-state index in [-0.39, 0.29) is 5.69 Å². The fourth-order valence-corrected chi connectivity index (χ4v) is 1.72. The minimum Gasteiger partial charge on any atom is -0.314 e. The molecule has 2 rings (SSSR count). The highest BCUT2D eigenvalue weighted by Crippen LogP contribution is 2.34. The van der Waals surface area contributed by atoms with E-state index in [1.165, 1.54) is 6.20 Å². The first-order valence-corrected chi connectivity index (χ1v) is 5.74. The van der Waals surface area contributed by atoms with Crippen molar-refractivity contribution in [2.45, 2.75) is 12.7 Å². The van der Waals surface area contributed by atoms with Crippen LogP contribution in [0.3, 0.4) is 0 Å². The van der Waals surface area contributed by atoms with E-state index in [4.69, 9.17) is 0 Å². The minimum atomic E-state index is -4.65. The van der Waals surface area contributed by atoms with Crippen molar-refractivity contribution < 1.29 is 18.1 Å². The molecule has 2 aromatic rings. The number of hydrogen-bond acceptors (Lipinski definition) is 5. The van der Waals surface area contributed by atoms with Crippen LogP contribution in [0, 0.1) is 10.1 Å². The van der Waals surface area contributed by atoms with Crippen LogP contribution in [0.25, 0.3) is 5.69 Å². The van der Waals surface area contributed by atoms with E-state index in [9.17, 15) is 23.3 Å². The van der Waals surface area contributed by atoms with Gasteiger partial charge in [0.25, 0.3) is 5.69 Å². The largest absolute Gasteiger partial charge is 0.416 e. The summed E-state index contributed by atoms with van der Waals surface area (Å²) >= 11 is 0. The minimum absolute atomic E-state index is 0.0807. The zero-order valence-corrected chi connectivity index (χ0v) is 10.8. The molecule has 0 saturated heterocycles. The smallest absolute Gasteiger partial charge is 0.314 e. The summed E-state index contributed by atoms with van der Waals surface area (Å²) in [6, 6.07) is 2.25. The van der Waals surface area contributed by atoms with Crippen molar-refractivity contribution in [3.8, 4) is 5.69 Å². The molecule has 0 fully saturated rings. The Balaban J connectivity index is 2.49. The Labute approximate surface area is 116 Å². The molecule has 1 N–H and O–H groups in total. The van der Waals surface area contributed by atoms with E-state index in [1.807, 2.05) is 0 Å². The Morgan fingerprint density at radius 1 is 1.43 bits per heavy atom. The highest BCUT2D eigenvalue weighted by atomic mass is 19.4. The van der Waals surface area contributed by atoms with Crippen LogP contribution in [0.4, 0.5) is 18.9 Å². The third kappa shape index (κ3) is 3.16. The van der Waals surface area contributed by atoms with Gasteiger partial charge in [-0.3, -0.25) is 10.1 Å². The van der Waals surface area contributed by atoms with Crippen LogP contribution in [0.1, 0.15) is 11.3 Å². The molecule has 1 aromatic carbocycles. The number of benzene rings is 1. The summed E-state index contributed by atoms with van der Waals surface area (Å²) in [6.07, 6.45) is -3.24. The number of halogens is 3. The van der Waals surface area contributed by atoms with Gasteiger partial charge in [0.2, 0.25) is 0 Å². The zero-order chi connectivity index (χ0) is 15.6. The Kier molecular flexibility index (Phi) is 3.89. The Hall–Kier alpha value is -2.49. The third-order valence-electron chi connectivity index (χ3n) is 2.64. The number of alkyl halides is 3. The van der Waals surface area contributed by atoms with E-state index >= 15 is 0 Å². The van der Waals surface area contributed by atoms with Crippen molar-refractivity contribution >= 4 is 5.69 Å². The number of nitrogens with zero attached hydrogens (tertiary/aromatic N) is 4. The second-order valence-corrected chi connectivity index (χ2v) is 4.14. The summed E-state index contributed by atoms with van der Waals surface area (Å²) < 4.78 is 38.9. The summed E-state index contributed by atoms with van der Waals surface area (Å²) in [5.41, 5.74) is -1.35. The molecule has 0 atom stereocenters. The van der Waals surface area contributed by atoms with Gasteiger partial charge in [-0.15, -0.1) is 5.10 Å². The van der Waals surface area contributed by atoms with E-state index in [0.717, 1.165) is 16.8 Å². The van der Waals surface area contributed by atoms with Gasteiger partial charge >= 0.3 is 6.18 Å². The summed E-state index contributed by atoms with van der Waals surface area (Å²) in [5.74, 6) is 0. The van der Waals surface area contributed by atoms with Crippen molar-refractivity contribution in [3.05, 3.63) is 45.8 Å². The molecule has 0 unspecified atom stereocenters. The number of hydrogen-bond donors (Lipinski definition) is 1. The van der Waals surface area contributed by atoms with Gasteiger partial charge in [-0.2, -0.15) is 13.2 Å². The highest BCUT2D eigenvalue weighted by Gasteiger charge is 2.33. The first-order valence-electron chi connectivity index (χ1n) is 5.74. The lowest BCUT2D eigenvalue weighted by Gasteiger charge is -2.08. The number of nitro benzene ring substituents is 1. The molecule has 7 nitrogen and oxygen atoms in total. The van der Waals surface area contributed by atoms with Gasteiger partial charge < -0.3 is 5.32 Å². The van der Waals surface area contributed by atoms with Crippen LogP contribution in [-0.4, -0.2) is 27.0 Å². The highest BCUT2D eigenvalue weighted by molar-refractivity contribution is 5.54. The molecule has 10 heteroatoms. The molecule has 0 amide bonds. The quantitative estimate of drug-likeness (QED) is 0.688. The van der Waals surface area contributed by atoms with Crippen molar-refractivity contribution in [2.24, 2.45) is 0 Å². The Morgan fingerprint density at radius 2 is 2.14 bits per heavy atom. The molecular weight excluding hydrogens is 291 g/mol. The van der Waals surface area contributed by atoms with Crippen LogP contribution in [0.2, 0.25) is 0 Å². The molecular formula is C11H10F3N5O2. The molecule has 0 aliphatic rings. The van der Waals surface area contributed by atoms with Gasteiger partial charge in [-0.1, -0.05) is 5.21 Å². The van der Waals surface area contributed by atoms with E-state index < -0.39 is 22.4 Å². The normalized spacial score (nSPS) is 11.6. The SMILES string of the molecule is CNCc1cn(-c2ccc(C(F)(F)F)cc2[N+](=O)[O-])nn1. The van der Waals surface area contributed by atoms with E-state index in [1.54, 1.807) is 7.05 Å². The molecule has 1 heterocycles. The fraction of sp³-hybridized carbons (Fsp3) is 0.273. The van der Waals surface area contributed by atoms with Gasteiger partial charge in [-0.05, 0) is 19.2 Å². The second kappa shape index (κ2) is 5.48. The molecule has 21 heavy (non-hydrogen) atoms. The predicted octanol–water partition coefficient (Wildman–Crippen LogP) is 1.91. The molecule has 1 aromatic heterocycles. The first kappa shape index (κ1) is 14.9. The van der Waals surface area contributed by atoms with Gasteiger partial charge in [-0.25, -0.2) is 4.68 Å². The maximum absolute atomic E-state index is 12.6. The molecule has 112 valence electrons. The lowest BCUT2D eigenvalue weighted by atomic mass is 10.1. The predicted molar refractivity (Wildman–Crippen MR) is 65.8 cm³/mol. The maximum atomic E-state index is 12.6. The molecule has 0 spiro atoms. The van der Waals surface area contributed by atoms with Crippen molar-refractivity contribution in [1.29, 1.82) is 0 Å². The molecule has 0 saturated carbocycles. The number of aromatic nitrogens is 3. The van der Waals surface area contributed by atoms with Crippen molar-refractivity contribution in [1.82, 2.24) is 20.3 Å². The van der Waals surface area contributed by atoms with Gasteiger partial charge in [0.05, 0.1) is 22.4 Å². The van der Waals surface area contributed by atoms with E-state index in [0.29, 0.717) is 18.3 Å². The lowest BCUT2D eigenvalue weighted by Crippen LogP contribution is -2.08. The third-order valence-corrected chi connectivity index (χ3v) is 2.64. The fourth-order valence-electron chi connectivity index (χ4n) is 1.72. The standard InChI is InChI=1S/C11H10F3N5O2/c1-15-5-8-6-18(17-16-8)9-3-2-7(11(12,13)14)4-10(9)19(20)21/h2-4,6,15H,5H2,1H3. The number of nitrogens with one attached hydrogen (secondary N) is 1. The van der Waals surface area contributed by atoms with Crippen LogP contribution < -0.4 is 5.32 Å². The first-order chi connectivity index (χ1) is 9.82. The maximum Gasteiger partial charge on any atom is 0.416 e. The van der Waals surface area contributed by atoms with Gasteiger partial charge in [0.1, 0.15) is 5.69 Å². The summed E-state index contributed by atoms with van der Waals surface area (Å²) in [7, 11) is 1.68. The molecule has 0 aliphatic heterocycles. The van der Waals surface area contributed by atoms with Gasteiger partial charge in [0, 0.05) is 12.6 Å². The lowest BCUT2D eigenvalue weighted by molar-refractivity contribution is -0.384. The Bertz CT molecular complexity index is 668. The van der Waals surface area contributed by atoms with E-state index in [2.05, 4.69) is 15.6 Å². The van der Waals surface area contributed by atoms with Gasteiger partial charge in [0.15, 0.2) is 0 Å². The van der Waals surface area contributed by atoms with Crippen molar-refractivity contribution in [3.63, 3.8) is 0 Å². The molecule has 0 radical (unpaired) electrons. The zero-order valence-electron chi connectivity index (χ0n) is 10.8. The monoisotopic (exact) mass is 301 g/mol. The van der Waals surface area contributed by atoms with Crippen LogP contribution in [0.15, 0.2) is 24.4 Å². The van der Waals surface area contributed by atoms with Crippen LogP contribution in [-0.2, 0) is 12.7 Å². The van der Waals surface area contributed by atoms with Crippen molar-refractivity contribution in [2.75, 3.05) is 7.05 Å². The number of rotatable bonds is 4. The molecule has 0 aliphatic carbocycles. The summed E-state index contributed by atoms with van der Waals surface area (Å²) in [5, 5.41) is 21.2. The average molecular weight is 301 g/mol. The van der Waals surface area contributed by atoms with Crippen LogP contribution >= 0.6 is 0 Å². The molecule has 0 bridgehead atoms. The Morgan fingerprint density at radius 3 is 2.71 bits per heavy atom. The topological polar surface area (TPSA) is 85.9 Å². The second-order valence-electron chi connectivity index (χ2n) is 4.14. The number of nitro groups is 1. The van der Waals surface area contributed by atoms with Crippen LogP contribution in [0.5, 0.6) is 0 Å². The summed E-state index contributed by atoms with van der Waals surface area (Å²) in [4.78, 5) is 10.1. The summed E-state index contributed by atoms with van der Waals surface area (Å²) in [6.45, 7) is 0.383.